The van der Waals surface area contributed by atoms with E-state index in [0.717, 1.165) is 5.57 Å². The number of nitrogens with zero attached hydrogens (tertiary/aromatic N) is 2. The molecular formula is C32H48N6O7S. The zero-order chi connectivity index (χ0) is 34.6. The summed E-state index contributed by atoms with van der Waals surface area (Å²) in [6.45, 7) is 15.3. The summed E-state index contributed by atoms with van der Waals surface area (Å²) in [4.78, 5) is 67.8. The van der Waals surface area contributed by atoms with E-state index in [-0.39, 0.29) is 44.1 Å². The van der Waals surface area contributed by atoms with Gasteiger partial charge in [-0.1, -0.05) is 53.7 Å². The number of sulfonamides is 1. The number of Topliss-reactive ketones (excluding diaryl/α,β-unsaturated/α-hetero) is 1. The van der Waals surface area contributed by atoms with Crippen LogP contribution in [0.1, 0.15) is 60.8 Å². The van der Waals surface area contributed by atoms with Crippen LogP contribution >= 0.6 is 0 Å². The van der Waals surface area contributed by atoms with Gasteiger partial charge in [0.05, 0.1) is 11.8 Å². The van der Waals surface area contributed by atoms with Crippen LogP contribution in [-0.2, 0) is 29.2 Å². The van der Waals surface area contributed by atoms with Crippen molar-refractivity contribution in [3.63, 3.8) is 0 Å². The highest BCUT2D eigenvalue weighted by Gasteiger charge is 2.53. The van der Waals surface area contributed by atoms with Gasteiger partial charge in [0.25, 0.3) is 5.91 Å². The molecule has 2 heterocycles. The van der Waals surface area contributed by atoms with Gasteiger partial charge in [0.2, 0.25) is 27.6 Å². The fourth-order valence-corrected chi connectivity index (χ4v) is 7.12. The van der Waals surface area contributed by atoms with Crippen molar-refractivity contribution in [2.24, 2.45) is 16.7 Å². The minimum Gasteiger partial charge on any atom is -0.346 e. The normalized spacial score (nSPS) is 22.3. The molecule has 14 heteroatoms. The first kappa shape index (κ1) is 36.8. The van der Waals surface area contributed by atoms with E-state index in [9.17, 15) is 32.4 Å². The lowest BCUT2D eigenvalue weighted by Crippen LogP contribution is -2.62. The summed E-state index contributed by atoms with van der Waals surface area (Å²) < 4.78 is 26.3. The van der Waals surface area contributed by atoms with E-state index in [1.54, 1.807) is 20.8 Å². The molecule has 5 atom stereocenters. The van der Waals surface area contributed by atoms with Gasteiger partial charge >= 0.3 is 6.03 Å². The van der Waals surface area contributed by atoms with Gasteiger partial charge in [0, 0.05) is 44.6 Å². The lowest BCUT2D eigenvalue weighted by molar-refractivity contribution is -0.144. The van der Waals surface area contributed by atoms with Crippen molar-refractivity contribution in [1.82, 2.24) is 30.5 Å². The molecule has 4 N–H and O–H groups in total. The molecule has 0 radical (unpaired) electrons. The molecule has 3 aliphatic rings. The van der Waals surface area contributed by atoms with Crippen LogP contribution in [0.3, 0.4) is 0 Å². The second kappa shape index (κ2) is 14.4. The number of likely N-dealkylation sites (tertiary alicyclic amines) is 1. The average molecular weight is 661 g/mol. The number of rotatable bonds is 13. The van der Waals surface area contributed by atoms with Crippen molar-refractivity contribution in [3.05, 3.63) is 24.3 Å². The molecular weight excluding hydrogens is 612 g/mol. The molecule has 5 amide bonds. The first-order valence-corrected chi connectivity index (χ1v) is 17.2. The van der Waals surface area contributed by atoms with Gasteiger partial charge in [-0.25, -0.2) is 13.2 Å². The highest BCUT2D eigenvalue weighted by Crippen LogP contribution is 2.43. The molecule has 2 fully saturated rings. The Labute approximate surface area is 272 Å². The number of terminal acetylenes is 1. The fraction of sp³-hybridized carbons (Fsp3) is 0.656. The molecule has 254 valence electrons. The number of ketones is 1. The van der Waals surface area contributed by atoms with Gasteiger partial charge in [-0.15, -0.1) is 18.9 Å². The first-order chi connectivity index (χ1) is 21.3. The Morgan fingerprint density at radius 1 is 1.09 bits per heavy atom. The van der Waals surface area contributed by atoms with Crippen molar-refractivity contribution in [3.8, 4) is 12.3 Å². The van der Waals surface area contributed by atoms with E-state index in [0.29, 0.717) is 13.0 Å². The molecule has 2 aliphatic heterocycles. The maximum Gasteiger partial charge on any atom is 0.315 e. The predicted octanol–water partition coefficient (Wildman–Crippen LogP) is 0.687. The number of fused-ring (bicyclic) bond motifs is 1. The molecule has 0 aromatic heterocycles. The van der Waals surface area contributed by atoms with Gasteiger partial charge in [0.1, 0.15) is 12.1 Å². The van der Waals surface area contributed by atoms with E-state index >= 15 is 0 Å². The third-order valence-corrected chi connectivity index (χ3v) is 10.4. The monoisotopic (exact) mass is 660 g/mol. The zero-order valence-electron chi connectivity index (χ0n) is 27.6. The molecule has 0 spiro atoms. The molecule has 0 saturated carbocycles. The molecule has 46 heavy (non-hydrogen) atoms. The van der Waals surface area contributed by atoms with Crippen molar-refractivity contribution >= 4 is 39.6 Å². The Bertz CT molecular complexity index is 1420. The average Bonchev–Trinajstić information content (AvgIpc) is 3.48. The maximum atomic E-state index is 14.1. The molecule has 2 saturated heterocycles. The SMILES string of the molecule is C#CCCC(NC(=O)[C@@H]1[C@H]2C=C2CN1C(=O)[C@@H](NC(=O)N[C@H](CN1CCCS1(=O)=O)C(C)(C)C)C(C)(C)C)C(=O)C(=O)NCC=C. The number of hydrogen-bond donors (Lipinski definition) is 4. The topological polar surface area (TPSA) is 174 Å². The highest BCUT2D eigenvalue weighted by atomic mass is 32.2. The van der Waals surface area contributed by atoms with Gasteiger partial charge in [-0.3, -0.25) is 19.2 Å². The number of carbonyl (C=O) groups excluding carboxylic acids is 5. The Kier molecular flexibility index (Phi) is 11.5. The summed E-state index contributed by atoms with van der Waals surface area (Å²) >= 11 is 0. The largest absolute Gasteiger partial charge is 0.346 e. The molecule has 13 nitrogen and oxygen atoms in total. The van der Waals surface area contributed by atoms with Crippen LogP contribution in [0.25, 0.3) is 0 Å². The Balaban J connectivity index is 1.77. The maximum absolute atomic E-state index is 14.1. The molecule has 3 rings (SSSR count). The summed E-state index contributed by atoms with van der Waals surface area (Å²) in [5, 5.41) is 10.7. The molecule has 1 aliphatic carbocycles. The lowest BCUT2D eigenvalue weighted by atomic mass is 9.85. The standard InChI is InChI=1S/C32H48N6O7S/c1-9-11-13-22(25(39)28(41)33-14-10-2)34-27(40)24-21-17-20(21)18-38(24)29(42)26(32(6,7)8)36-30(43)35-23(31(3,4)5)19-37-15-12-16-46(37,44)45/h1,10,17,21-24,26H,2,11-16,18-19H2,3-8H3,(H,33,41)(H,34,40)(H2,35,36,43)/t21-,22?,23+,24-,26+/m0/s1. The van der Waals surface area contributed by atoms with Crippen LogP contribution in [0.4, 0.5) is 4.79 Å². The van der Waals surface area contributed by atoms with Crippen molar-refractivity contribution in [1.29, 1.82) is 0 Å². The quantitative estimate of drug-likeness (QED) is 0.128. The van der Waals surface area contributed by atoms with E-state index in [4.69, 9.17) is 6.42 Å². The van der Waals surface area contributed by atoms with E-state index in [1.807, 2.05) is 26.8 Å². The zero-order valence-corrected chi connectivity index (χ0v) is 28.5. The Hall–Kier alpha value is -3.70. The minimum absolute atomic E-state index is 0.0359. The number of hydrogen-bond acceptors (Lipinski definition) is 7. The van der Waals surface area contributed by atoms with Crippen molar-refractivity contribution in [2.75, 3.05) is 31.9 Å². The molecule has 1 unspecified atom stereocenters. The number of nitrogens with one attached hydrogen (secondary N) is 4. The summed E-state index contributed by atoms with van der Waals surface area (Å²) in [5.41, 5.74) is -0.389. The van der Waals surface area contributed by atoms with E-state index in [2.05, 4.69) is 33.8 Å². The van der Waals surface area contributed by atoms with Crippen LogP contribution in [0.5, 0.6) is 0 Å². The van der Waals surface area contributed by atoms with Gasteiger partial charge < -0.3 is 26.2 Å². The summed E-state index contributed by atoms with van der Waals surface area (Å²) in [6.07, 6.45) is 9.36. The molecule has 0 bridgehead atoms. The second-order valence-electron chi connectivity index (χ2n) is 14.2. The van der Waals surface area contributed by atoms with Crippen molar-refractivity contribution < 1.29 is 32.4 Å². The van der Waals surface area contributed by atoms with Crippen LogP contribution in [0.15, 0.2) is 24.3 Å². The highest BCUT2D eigenvalue weighted by molar-refractivity contribution is 7.89. The van der Waals surface area contributed by atoms with E-state index in [1.165, 1.54) is 15.3 Å². The van der Waals surface area contributed by atoms with E-state index < -0.39 is 74.6 Å². The summed E-state index contributed by atoms with van der Waals surface area (Å²) in [7, 11) is -3.39. The second-order valence-corrected chi connectivity index (χ2v) is 16.3. The van der Waals surface area contributed by atoms with Gasteiger partial charge in [0.15, 0.2) is 0 Å². The van der Waals surface area contributed by atoms with Crippen LogP contribution in [0, 0.1) is 29.1 Å². The number of urea groups is 1. The lowest BCUT2D eigenvalue weighted by Gasteiger charge is -2.38. The summed E-state index contributed by atoms with van der Waals surface area (Å²) in [6, 6.07) is -4.41. The van der Waals surface area contributed by atoms with Crippen LogP contribution < -0.4 is 21.3 Å². The Morgan fingerprint density at radius 2 is 1.76 bits per heavy atom. The third kappa shape index (κ3) is 8.97. The molecule has 0 aromatic rings. The van der Waals surface area contributed by atoms with Crippen LogP contribution in [0.2, 0.25) is 0 Å². The smallest absolute Gasteiger partial charge is 0.315 e. The number of amides is 5. The third-order valence-electron chi connectivity index (χ3n) is 8.46. The number of carbonyl (C=O) groups is 5. The van der Waals surface area contributed by atoms with Gasteiger partial charge in [-0.05, 0) is 29.2 Å². The molecule has 0 aromatic carbocycles. The van der Waals surface area contributed by atoms with Crippen LogP contribution in [-0.4, -0.2) is 103 Å². The first-order valence-electron chi connectivity index (χ1n) is 15.5. The fourth-order valence-electron chi connectivity index (χ4n) is 5.59. The predicted molar refractivity (Wildman–Crippen MR) is 173 cm³/mol. The Morgan fingerprint density at radius 3 is 2.30 bits per heavy atom. The van der Waals surface area contributed by atoms with Crippen molar-refractivity contribution in [2.45, 2.75) is 85.0 Å². The minimum atomic E-state index is -3.39. The van der Waals surface area contributed by atoms with Gasteiger partial charge in [-0.2, -0.15) is 4.31 Å². The summed E-state index contributed by atoms with van der Waals surface area (Å²) in [5.74, 6) is -0.663.